The minimum atomic E-state index is -0.0599. The largest absolute Gasteiger partial charge is 0.339 e. The van der Waals surface area contributed by atoms with Crippen molar-refractivity contribution in [2.75, 3.05) is 19.6 Å². The third kappa shape index (κ3) is 5.73. The first-order chi connectivity index (χ1) is 17.1. The number of rotatable bonds is 6. The third-order valence-corrected chi connectivity index (χ3v) is 8.33. The van der Waals surface area contributed by atoms with Gasteiger partial charge in [-0.3, -0.25) is 15.0 Å². The summed E-state index contributed by atoms with van der Waals surface area (Å²) in [6.45, 7) is 2.72. The molecule has 2 aromatic carbocycles. The molecule has 3 aliphatic rings. The second-order valence-corrected chi connectivity index (χ2v) is 10.8. The van der Waals surface area contributed by atoms with Gasteiger partial charge in [0.05, 0.1) is 0 Å². The number of hydrazine groups is 1. The zero-order chi connectivity index (χ0) is 24.2. The van der Waals surface area contributed by atoms with Gasteiger partial charge < -0.3 is 4.90 Å². The van der Waals surface area contributed by atoms with Crippen LogP contribution in [0.2, 0.25) is 5.02 Å². The van der Waals surface area contributed by atoms with Crippen molar-refractivity contribution in [3.05, 3.63) is 58.6 Å². The first-order valence-electron chi connectivity index (χ1n) is 13.3. The molecule has 3 fully saturated rings. The molecular weight excluding hydrogens is 458 g/mol. The monoisotopic (exact) mass is 493 g/mol. The van der Waals surface area contributed by atoms with E-state index in [1.54, 1.807) is 0 Å². The molecule has 1 atom stereocenters. The van der Waals surface area contributed by atoms with Crippen LogP contribution in [0, 0.1) is 5.92 Å². The zero-order valence-electron chi connectivity index (χ0n) is 20.5. The molecule has 2 amide bonds. The van der Waals surface area contributed by atoms with Crippen LogP contribution >= 0.6 is 11.6 Å². The summed E-state index contributed by atoms with van der Waals surface area (Å²) in [6.07, 6.45) is 11.2. The quantitative estimate of drug-likeness (QED) is 0.548. The van der Waals surface area contributed by atoms with Crippen LogP contribution in [0.25, 0.3) is 11.1 Å². The van der Waals surface area contributed by atoms with Gasteiger partial charge in [0.1, 0.15) is 0 Å². The number of carbonyl (C=O) groups is 2. The molecule has 0 aromatic heterocycles. The average Bonchev–Trinajstić information content (AvgIpc) is 3.26. The molecule has 0 radical (unpaired) electrons. The van der Waals surface area contributed by atoms with Crippen molar-refractivity contribution in [2.45, 2.75) is 70.3 Å². The Bertz CT molecular complexity index is 1040. The summed E-state index contributed by atoms with van der Waals surface area (Å²) in [6, 6.07) is 14.2. The smallest absolute Gasteiger partial charge is 0.265 e. The molecule has 2 saturated heterocycles. The van der Waals surface area contributed by atoms with Gasteiger partial charge in [-0.15, -0.1) is 0 Å². The van der Waals surface area contributed by atoms with Crippen molar-refractivity contribution in [3.8, 4) is 11.1 Å². The molecule has 5 rings (SSSR count). The van der Waals surface area contributed by atoms with Crippen molar-refractivity contribution in [1.29, 1.82) is 0 Å². The number of carbonyl (C=O) groups excluding carboxylic acids is 2. The van der Waals surface area contributed by atoms with Crippen LogP contribution in [0.3, 0.4) is 0 Å². The van der Waals surface area contributed by atoms with E-state index in [1.165, 1.54) is 25.7 Å². The molecule has 2 aliphatic heterocycles. The van der Waals surface area contributed by atoms with Gasteiger partial charge >= 0.3 is 0 Å². The number of likely N-dealkylation sites (tertiary alicyclic amines) is 1. The highest BCUT2D eigenvalue weighted by Gasteiger charge is 2.36. The van der Waals surface area contributed by atoms with E-state index in [0.29, 0.717) is 29.0 Å². The van der Waals surface area contributed by atoms with Crippen LogP contribution in [0.5, 0.6) is 0 Å². The zero-order valence-corrected chi connectivity index (χ0v) is 21.2. The SMILES string of the molecule is O=C(NN1CCCCC1)c1ccc(-c2ccc(CC3CCN(C4CCCCC4)C3=O)c(Cl)c2)cc1. The second kappa shape index (κ2) is 11.1. The molecule has 35 heavy (non-hydrogen) atoms. The summed E-state index contributed by atoms with van der Waals surface area (Å²) in [5, 5.41) is 2.72. The van der Waals surface area contributed by atoms with Gasteiger partial charge in [0, 0.05) is 42.2 Å². The summed E-state index contributed by atoms with van der Waals surface area (Å²) in [4.78, 5) is 27.8. The molecule has 1 N–H and O–H groups in total. The van der Waals surface area contributed by atoms with Gasteiger partial charge in [0.25, 0.3) is 5.91 Å². The van der Waals surface area contributed by atoms with E-state index in [-0.39, 0.29) is 11.8 Å². The van der Waals surface area contributed by atoms with E-state index in [1.807, 2.05) is 35.3 Å². The third-order valence-electron chi connectivity index (χ3n) is 7.98. The first kappa shape index (κ1) is 24.3. The number of halogens is 1. The fourth-order valence-corrected chi connectivity index (χ4v) is 6.15. The highest BCUT2D eigenvalue weighted by Crippen LogP contribution is 2.33. The summed E-state index contributed by atoms with van der Waals surface area (Å²) in [5.74, 6) is 0.295. The Kier molecular flexibility index (Phi) is 7.74. The fourth-order valence-electron chi connectivity index (χ4n) is 5.89. The van der Waals surface area contributed by atoms with Crippen molar-refractivity contribution in [2.24, 2.45) is 5.92 Å². The number of hydrogen-bond acceptors (Lipinski definition) is 3. The Hall–Kier alpha value is -2.37. The summed E-state index contributed by atoms with van der Waals surface area (Å²) >= 11 is 6.69. The highest BCUT2D eigenvalue weighted by molar-refractivity contribution is 6.31. The lowest BCUT2D eigenvalue weighted by Crippen LogP contribution is -2.45. The Morgan fingerprint density at radius 1 is 0.857 bits per heavy atom. The Morgan fingerprint density at radius 2 is 1.54 bits per heavy atom. The molecular formula is C29H36ClN3O2. The minimum absolute atomic E-state index is 0.0398. The van der Waals surface area contributed by atoms with Crippen LogP contribution in [0.4, 0.5) is 0 Å². The van der Waals surface area contributed by atoms with Crippen LogP contribution in [-0.2, 0) is 11.2 Å². The van der Waals surface area contributed by atoms with Crippen molar-refractivity contribution in [3.63, 3.8) is 0 Å². The molecule has 1 saturated carbocycles. The lowest BCUT2D eigenvalue weighted by atomic mass is 9.93. The molecule has 2 heterocycles. The molecule has 2 aromatic rings. The normalized spacial score (nSPS) is 21.9. The van der Waals surface area contributed by atoms with Crippen LogP contribution in [0.15, 0.2) is 42.5 Å². The van der Waals surface area contributed by atoms with Gasteiger partial charge in [0.2, 0.25) is 5.91 Å². The van der Waals surface area contributed by atoms with E-state index in [2.05, 4.69) is 22.5 Å². The highest BCUT2D eigenvalue weighted by atomic mass is 35.5. The number of piperidine rings is 1. The fraction of sp³-hybridized carbons (Fsp3) is 0.517. The average molecular weight is 494 g/mol. The standard InChI is InChI=1S/C29H36ClN3O2/c30-27-20-23(21-9-11-22(12-10-21)28(34)31-32-16-5-2-6-17-32)13-14-24(27)19-25-15-18-33(29(25)35)26-7-3-1-4-8-26/h9-14,20,25-26H,1-8,15-19H2,(H,31,34). The van der Waals surface area contributed by atoms with Gasteiger partial charge in [-0.25, -0.2) is 5.01 Å². The number of nitrogens with one attached hydrogen (secondary N) is 1. The van der Waals surface area contributed by atoms with E-state index in [4.69, 9.17) is 11.6 Å². The van der Waals surface area contributed by atoms with Gasteiger partial charge in [-0.05, 0) is 73.4 Å². The Balaban J connectivity index is 1.20. The first-order valence-corrected chi connectivity index (χ1v) is 13.7. The number of benzene rings is 2. The molecule has 1 unspecified atom stereocenters. The molecule has 6 heteroatoms. The molecule has 186 valence electrons. The van der Waals surface area contributed by atoms with Gasteiger partial charge in [-0.2, -0.15) is 0 Å². The summed E-state index contributed by atoms with van der Waals surface area (Å²) in [7, 11) is 0. The van der Waals surface area contributed by atoms with Crippen molar-refractivity contribution < 1.29 is 9.59 Å². The number of nitrogens with zero attached hydrogens (tertiary/aromatic N) is 2. The van der Waals surface area contributed by atoms with E-state index >= 15 is 0 Å². The maximum atomic E-state index is 13.1. The molecule has 0 spiro atoms. The van der Waals surface area contributed by atoms with Crippen LogP contribution in [0.1, 0.15) is 73.7 Å². The Labute approximate surface area is 213 Å². The molecule has 0 bridgehead atoms. The predicted octanol–water partition coefficient (Wildman–Crippen LogP) is 5.86. The van der Waals surface area contributed by atoms with Gasteiger partial charge in [-0.1, -0.05) is 61.5 Å². The van der Waals surface area contributed by atoms with E-state index in [9.17, 15) is 9.59 Å². The number of hydrogen-bond donors (Lipinski definition) is 1. The van der Waals surface area contributed by atoms with E-state index in [0.717, 1.165) is 68.4 Å². The van der Waals surface area contributed by atoms with Crippen molar-refractivity contribution >= 4 is 23.4 Å². The number of amides is 2. The van der Waals surface area contributed by atoms with Crippen LogP contribution < -0.4 is 5.43 Å². The van der Waals surface area contributed by atoms with E-state index < -0.39 is 0 Å². The summed E-state index contributed by atoms with van der Waals surface area (Å²) in [5.41, 5.74) is 6.75. The maximum absolute atomic E-state index is 13.1. The topological polar surface area (TPSA) is 52.7 Å². The van der Waals surface area contributed by atoms with Gasteiger partial charge in [0.15, 0.2) is 0 Å². The second-order valence-electron chi connectivity index (χ2n) is 10.4. The van der Waals surface area contributed by atoms with Crippen LogP contribution in [-0.4, -0.2) is 47.4 Å². The lowest BCUT2D eigenvalue weighted by Gasteiger charge is -2.31. The Morgan fingerprint density at radius 3 is 2.26 bits per heavy atom. The molecule has 1 aliphatic carbocycles. The predicted molar refractivity (Wildman–Crippen MR) is 140 cm³/mol. The maximum Gasteiger partial charge on any atom is 0.265 e. The minimum Gasteiger partial charge on any atom is -0.339 e. The lowest BCUT2D eigenvalue weighted by molar-refractivity contribution is -0.133. The van der Waals surface area contributed by atoms with Crippen molar-refractivity contribution in [1.82, 2.24) is 15.3 Å². The summed E-state index contributed by atoms with van der Waals surface area (Å²) < 4.78 is 0. The molecule has 5 nitrogen and oxygen atoms in total.